The minimum Gasteiger partial charge on any atom is -0.241 e. The number of pyridine rings is 1. The van der Waals surface area contributed by atoms with Crippen LogP contribution >= 0.6 is 0 Å². The fraction of sp³-hybridized carbons (Fsp3) is 0.400. The van der Waals surface area contributed by atoms with Crippen molar-refractivity contribution in [2.45, 2.75) is 29.9 Å². The molecular weight excluding hydrogens is 212 g/mol. The number of hydrogen-bond donors (Lipinski definition) is 0. The lowest BCUT2D eigenvalue weighted by atomic mass is 10.3. The van der Waals surface area contributed by atoms with Crippen molar-refractivity contribution in [3.05, 3.63) is 23.5 Å². The molecule has 0 radical (unpaired) electrons. The van der Waals surface area contributed by atoms with E-state index in [1.165, 1.54) is 6.07 Å². The van der Waals surface area contributed by atoms with Gasteiger partial charge in [-0.2, -0.15) is 5.26 Å². The first-order valence-electron chi connectivity index (χ1n) is 4.67. The Morgan fingerprint density at radius 3 is 2.67 bits per heavy atom. The van der Waals surface area contributed by atoms with Crippen molar-refractivity contribution in [3.63, 3.8) is 0 Å². The van der Waals surface area contributed by atoms with Gasteiger partial charge >= 0.3 is 0 Å². The zero-order valence-corrected chi connectivity index (χ0v) is 9.08. The summed E-state index contributed by atoms with van der Waals surface area (Å²) < 4.78 is 23.8. The van der Waals surface area contributed by atoms with Gasteiger partial charge in [-0.05, 0) is 31.9 Å². The van der Waals surface area contributed by atoms with Crippen LogP contribution in [0, 0.1) is 18.3 Å². The molecule has 2 rings (SSSR count). The van der Waals surface area contributed by atoms with Gasteiger partial charge in [0.05, 0.1) is 5.25 Å². The third kappa shape index (κ3) is 1.73. The second-order valence-electron chi connectivity index (χ2n) is 3.66. The average Bonchev–Trinajstić information content (AvgIpc) is 3.00. The highest BCUT2D eigenvalue weighted by Crippen LogP contribution is 2.34. The van der Waals surface area contributed by atoms with Crippen LogP contribution < -0.4 is 0 Å². The quantitative estimate of drug-likeness (QED) is 0.753. The van der Waals surface area contributed by atoms with E-state index in [1.807, 2.05) is 6.07 Å². The number of sulfone groups is 1. The van der Waals surface area contributed by atoms with E-state index in [9.17, 15) is 8.42 Å². The summed E-state index contributed by atoms with van der Waals surface area (Å²) in [5.41, 5.74) is 0.670. The van der Waals surface area contributed by atoms with E-state index < -0.39 is 9.84 Å². The lowest BCUT2D eigenvalue weighted by Crippen LogP contribution is -2.10. The van der Waals surface area contributed by atoms with Crippen LogP contribution in [0.5, 0.6) is 0 Å². The van der Waals surface area contributed by atoms with Crippen LogP contribution in [0.2, 0.25) is 0 Å². The molecule has 5 heteroatoms. The Balaban J connectivity index is 2.58. The van der Waals surface area contributed by atoms with Crippen LogP contribution in [0.4, 0.5) is 0 Å². The molecule has 0 amide bonds. The number of rotatable bonds is 2. The third-order valence-corrected chi connectivity index (χ3v) is 4.66. The summed E-state index contributed by atoms with van der Waals surface area (Å²) in [6.07, 6.45) is 1.39. The van der Waals surface area contributed by atoms with Crippen molar-refractivity contribution < 1.29 is 8.42 Å². The van der Waals surface area contributed by atoms with Crippen molar-refractivity contribution in [2.75, 3.05) is 0 Å². The number of aryl methyl sites for hydroxylation is 1. The monoisotopic (exact) mass is 222 g/mol. The largest absolute Gasteiger partial charge is 0.241 e. The van der Waals surface area contributed by atoms with Gasteiger partial charge in [-0.15, -0.1) is 0 Å². The molecule has 0 aliphatic heterocycles. The van der Waals surface area contributed by atoms with Crippen molar-refractivity contribution in [2.24, 2.45) is 0 Å². The Labute approximate surface area is 88.5 Å². The molecule has 0 saturated heterocycles. The minimum atomic E-state index is -3.31. The summed E-state index contributed by atoms with van der Waals surface area (Å²) in [6, 6.07) is 4.94. The molecule has 0 aromatic carbocycles. The maximum atomic E-state index is 11.9. The summed E-state index contributed by atoms with van der Waals surface area (Å²) in [6.45, 7) is 1.73. The molecule has 1 aromatic rings. The normalized spacial score (nSPS) is 16.0. The highest BCUT2D eigenvalue weighted by atomic mass is 32.2. The van der Waals surface area contributed by atoms with Crippen molar-refractivity contribution in [1.29, 1.82) is 5.26 Å². The molecule has 0 bridgehead atoms. The Bertz CT molecular complexity index is 539. The molecule has 1 aliphatic carbocycles. The maximum absolute atomic E-state index is 11.9. The minimum absolute atomic E-state index is 0.0156. The zero-order valence-electron chi connectivity index (χ0n) is 8.27. The average molecular weight is 222 g/mol. The fourth-order valence-corrected chi connectivity index (χ4v) is 3.15. The van der Waals surface area contributed by atoms with Crippen LogP contribution in [-0.2, 0) is 9.84 Å². The second kappa shape index (κ2) is 3.31. The summed E-state index contributed by atoms with van der Waals surface area (Å²) in [5.74, 6) is 0. The van der Waals surface area contributed by atoms with E-state index >= 15 is 0 Å². The first-order valence-corrected chi connectivity index (χ1v) is 6.22. The predicted octanol–water partition coefficient (Wildman–Crippen LogP) is 1.20. The maximum Gasteiger partial charge on any atom is 0.184 e. The summed E-state index contributed by atoms with van der Waals surface area (Å²) in [4.78, 5) is 4.01. The molecule has 0 spiro atoms. The topological polar surface area (TPSA) is 70.8 Å². The van der Waals surface area contributed by atoms with Gasteiger partial charge in [-0.25, -0.2) is 13.4 Å². The standard InChI is InChI=1S/C10H10N2O2S/c1-7-2-5-10(9(6-11)12-7)15(13,14)8-3-4-8/h2,5,8H,3-4H2,1H3. The Hall–Kier alpha value is -1.41. The molecule has 1 aromatic heterocycles. The van der Waals surface area contributed by atoms with Crippen molar-refractivity contribution >= 4 is 9.84 Å². The van der Waals surface area contributed by atoms with Gasteiger partial charge in [-0.1, -0.05) is 0 Å². The van der Waals surface area contributed by atoms with Gasteiger partial charge < -0.3 is 0 Å². The van der Waals surface area contributed by atoms with Gasteiger partial charge in [0.15, 0.2) is 15.5 Å². The fourth-order valence-electron chi connectivity index (χ4n) is 1.41. The van der Waals surface area contributed by atoms with E-state index in [4.69, 9.17) is 5.26 Å². The lowest BCUT2D eigenvalue weighted by Gasteiger charge is -2.04. The highest BCUT2D eigenvalue weighted by Gasteiger charge is 2.38. The number of hydrogen-bond acceptors (Lipinski definition) is 4. The predicted molar refractivity (Wildman–Crippen MR) is 53.9 cm³/mol. The molecule has 1 heterocycles. The molecule has 1 aliphatic rings. The summed E-state index contributed by atoms with van der Waals surface area (Å²) in [5, 5.41) is 8.53. The SMILES string of the molecule is Cc1ccc(S(=O)(=O)C2CC2)c(C#N)n1. The van der Waals surface area contributed by atoms with Crippen LogP contribution in [-0.4, -0.2) is 18.7 Å². The molecule has 0 N–H and O–H groups in total. The van der Waals surface area contributed by atoms with Gasteiger partial charge in [0, 0.05) is 5.69 Å². The van der Waals surface area contributed by atoms with Crippen LogP contribution in [0.1, 0.15) is 24.2 Å². The van der Waals surface area contributed by atoms with Gasteiger partial charge in [0.1, 0.15) is 11.0 Å². The molecule has 0 unspecified atom stereocenters. The molecule has 1 fully saturated rings. The van der Waals surface area contributed by atoms with Gasteiger partial charge in [0.25, 0.3) is 0 Å². The van der Waals surface area contributed by atoms with E-state index in [2.05, 4.69) is 4.98 Å². The number of nitrogens with zero attached hydrogens (tertiary/aromatic N) is 2. The highest BCUT2D eigenvalue weighted by molar-refractivity contribution is 7.92. The number of aromatic nitrogens is 1. The van der Waals surface area contributed by atoms with Crippen molar-refractivity contribution in [3.8, 4) is 6.07 Å². The van der Waals surface area contributed by atoms with E-state index in [0.29, 0.717) is 18.5 Å². The third-order valence-electron chi connectivity index (χ3n) is 2.37. The Morgan fingerprint density at radius 1 is 1.47 bits per heavy atom. The van der Waals surface area contributed by atoms with Gasteiger partial charge in [0.2, 0.25) is 0 Å². The first-order chi connectivity index (χ1) is 7.05. The lowest BCUT2D eigenvalue weighted by molar-refractivity contribution is 0.594. The van der Waals surface area contributed by atoms with Crippen LogP contribution in [0.25, 0.3) is 0 Å². The van der Waals surface area contributed by atoms with Crippen LogP contribution in [0.15, 0.2) is 17.0 Å². The van der Waals surface area contributed by atoms with E-state index in [-0.39, 0.29) is 15.8 Å². The Morgan fingerprint density at radius 2 is 2.13 bits per heavy atom. The molecule has 0 atom stereocenters. The van der Waals surface area contributed by atoms with Crippen molar-refractivity contribution in [1.82, 2.24) is 4.98 Å². The van der Waals surface area contributed by atoms with E-state index in [0.717, 1.165) is 0 Å². The smallest absolute Gasteiger partial charge is 0.184 e. The molecule has 78 valence electrons. The molecule has 15 heavy (non-hydrogen) atoms. The summed E-state index contributed by atoms with van der Waals surface area (Å²) in [7, 11) is -3.31. The van der Waals surface area contributed by atoms with E-state index in [1.54, 1.807) is 13.0 Å². The second-order valence-corrected chi connectivity index (χ2v) is 5.85. The number of nitriles is 1. The molecule has 4 nitrogen and oxygen atoms in total. The summed E-state index contributed by atoms with van der Waals surface area (Å²) >= 11 is 0. The first kappa shape index (κ1) is 10.1. The van der Waals surface area contributed by atoms with Crippen LogP contribution in [0.3, 0.4) is 0 Å². The zero-order chi connectivity index (χ0) is 11.1. The molecule has 1 saturated carbocycles. The van der Waals surface area contributed by atoms with Gasteiger partial charge in [-0.3, -0.25) is 0 Å². The molecular formula is C10H10N2O2S. The Kier molecular flexibility index (Phi) is 2.24.